The number of hydrogen-bond acceptors (Lipinski definition) is 3. The Hall–Kier alpha value is -0.120. The van der Waals surface area contributed by atoms with Gasteiger partial charge in [0, 0.05) is 23.9 Å². The van der Waals surface area contributed by atoms with E-state index in [0.717, 1.165) is 25.9 Å². The van der Waals surface area contributed by atoms with Crippen molar-refractivity contribution in [1.82, 2.24) is 5.32 Å². The summed E-state index contributed by atoms with van der Waals surface area (Å²) < 4.78 is 12.4. The summed E-state index contributed by atoms with van der Waals surface area (Å²) in [6.07, 6.45) is 5.76. The van der Waals surface area contributed by atoms with Gasteiger partial charge in [-0.1, -0.05) is 19.8 Å². The van der Waals surface area contributed by atoms with E-state index in [2.05, 4.69) is 39.9 Å². The van der Waals surface area contributed by atoms with E-state index in [0.29, 0.717) is 6.10 Å². The lowest BCUT2D eigenvalue weighted by atomic mass is 9.78. The first-order chi connectivity index (χ1) is 8.26. The molecule has 0 aromatic rings. The van der Waals surface area contributed by atoms with Crippen LogP contribution in [0.2, 0.25) is 0 Å². The largest absolute Gasteiger partial charge is 0.347 e. The summed E-state index contributed by atoms with van der Waals surface area (Å²) in [7, 11) is 0. The molecule has 2 rings (SSSR count). The van der Waals surface area contributed by atoms with Gasteiger partial charge in [-0.2, -0.15) is 0 Å². The number of hydrogen-bond donors (Lipinski definition) is 1. The third-order valence-corrected chi connectivity index (χ3v) is 3.89. The van der Waals surface area contributed by atoms with Gasteiger partial charge >= 0.3 is 0 Å². The maximum absolute atomic E-state index is 6.30. The van der Waals surface area contributed by atoms with Gasteiger partial charge in [0.15, 0.2) is 5.79 Å². The zero-order valence-corrected chi connectivity index (χ0v) is 12.6. The molecule has 1 atom stereocenters. The Morgan fingerprint density at radius 1 is 1.11 bits per heavy atom. The number of ether oxygens (including phenoxy) is 2. The summed E-state index contributed by atoms with van der Waals surface area (Å²) in [5.41, 5.74) is 0.142. The Morgan fingerprint density at radius 2 is 1.72 bits per heavy atom. The first-order valence-corrected chi connectivity index (χ1v) is 7.37. The second-order valence-corrected chi connectivity index (χ2v) is 7.35. The molecule has 2 fully saturated rings. The van der Waals surface area contributed by atoms with Crippen LogP contribution in [0.25, 0.3) is 0 Å². The standard InChI is InChI=1S/C15H29NO2/c1-6-7-8-12-9-17-15(18-12)10-13(2,3)16-14(4,5)11-15/h12,16H,6-11H2,1-5H3. The highest BCUT2D eigenvalue weighted by Gasteiger charge is 2.52. The van der Waals surface area contributed by atoms with Gasteiger partial charge < -0.3 is 14.8 Å². The molecule has 3 nitrogen and oxygen atoms in total. The van der Waals surface area contributed by atoms with Crippen LogP contribution in [0.15, 0.2) is 0 Å². The molecule has 1 spiro atoms. The van der Waals surface area contributed by atoms with Gasteiger partial charge in [0.05, 0.1) is 12.7 Å². The molecule has 2 aliphatic heterocycles. The third kappa shape index (κ3) is 3.25. The number of piperidine rings is 1. The van der Waals surface area contributed by atoms with E-state index in [-0.39, 0.29) is 16.9 Å². The molecule has 0 bridgehead atoms. The van der Waals surface area contributed by atoms with Crippen molar-refractivity contribution in [2.75, 3.05) is 6.61 Å². The molecule has 0 aromatic heterocycles. The van der Waals surface area contributed by atoms with Crippen LogP contribution in [0.3, 0.4) is 0 Å². The van der Waals surface area contributed by atoms with Crippen molar-refractivity contribution >= 4 is 0 Å². The van der Waals surface area contributed by atoms with Gasteiger partial charge in [0.1, 0.15) is 0 Å². The first-order valence-electron chi connectivity index (χ1n) is 7.37. The maximum Gasteiger partial charge on any atom is 0.172 e. The van der Waals surface area contributed by atoms with Crippen LogP contribution in [-0.4, -0.2) is 29.6 Å². The molecule has 1 unspecified atom stereocenters. The van der Waals surface area contributed by atoms with E-state index in [9.17, 15) is 0 Å². The fraction of sp³-hybridized carbons (Fsp3) is 1.00. The summed E-state index contributed by atoms with van der Waals surface area (Å²) in [5, 5.41) is 3.68. The summed E-state index contributed by atoms with van der Waals surface area (Å²) in [6, 6.07) is 0. The molecule has 1 N–H and O–H groups in total. The summed E-state index contributed by atoms with van der Waals surface area (Å²) >= 11 is 0. The Kier molecular flexibility index (Phi) is 3.79. The second kappa shape index (κ2) is 4.77. The van der Waals surface area contributed by atoms with Crippen molar-refractivity contribution in [3.8, 4) is 0 Å². The third-order valence-electron chi connectivity index (χ3n) is 3.89. The van der Waals surface area contributed by atoms with Crippen LogP contribution < -0.4 is 5.32 Å². The van der Waals surface area contributed by atoms with Crippen molar-refractivity contribution in [2.24, 2.45) is 0 Å². The van der Waals surface area contributed by atoms with E-state index >= 15 is 0 Å². The molecular formula is C15H29NO2. The van der Waals surface area contributed by atoms with Crippen LogP contribution >= 0.6 is 0 Å². The van der Waals surface area contributed by atoms with Gasteiger partial charge in [-0.15, -0.1) is 0 Å². The van der Waals surface area contributed by atoms with Crippen molar-refractivity contribution in [2.45, 2.75) is 89.7 Å². The monoisotopic (exact) mass is 255 g/mol. The van der Waals surface area contributed by atoms with Crippen LogP contribution in [-0.2, 0) is 9.47 Å². The van der Waals surface area contributed by atoms with E-state index in [4.69, 9.17) is 9.47 Å². The van der Waals surface area contributed by atoms with Gasteiger partial charge in [-0.3, -0.25) is 0 Å². The van der Waals surface area contributed by atoms with Crippen molar-refractivity contribution in [1.29, 1.82) is 0 Å². The minimum atomic E-state index is -0.351. The molecule has 2 aliphatic rings. The quantitative estimate of drug-likeness (QED) is 0.840. The lowest BCUT2D eigenvalue weighted by molar-refractivity contribution is -0.214. The number of unbranched alkanes of at least 4 members (excludes halogenated alkanes) is 1. The predicted molar refractivity (Wildman–Crippen MR) is 73.6 cm³/mol. The molecule has 0 saturated carbocycles. The molecule has 0 amide bonds. The van der Waals surface area contributed by atoms with Gasteiger partial charge in [-0.25, -0.2) is 0 Å². The SMILES string of the molecule is CCCCC1COC2(CC(C)(C)NC(C)(C)C2)O1. The predicted octanol–water partition coefficient (Wildman–Crippen LogP) is 3.23. The minimum Gasteiger partial charge on any atom is -0.347 e. The van der Waals surface area contributed by atoms with Gasteiger partial charge in [0.2, 0.25) is 0 Å². The number of rotatable bonds is 3. The summed E-state index contributed by atoms with van der Waals surface area (Å²) in [6.45, 7) is 11.9. The van der Waals surface area contributed by atoms with Crippen molar-refractivity contribution in [3.05, 3.63) is 0 Å². The van der Waals surface area contributed by atoms with E-state index in [1.54, 1.807) is 0 Å². The molecule has 0 aromatic carbocycles. The molecule has 3 heteroatoms. The zero-order chi connectivity index (χ0) is 13.4. The number of nitrogens with one attached hydrogen (secondary N) is 1. The fourth-order valence-electron chi connectivity index (χ4n) is 3.79. The lowest BCUT2D eigenvalue weighted by Crippen LogP contribution is -2.63. The van der Waals surface area contributed by atoms with Crippen LogP contribution in [0, 0.1) is 0 Å². The zero-order valence-electron chi connectivity index (χ0n) is 12.6. The fourth-order valence-corrected chi connectivity index (χ4v) is 3.79. The van der Waals surface area contributed by atoms with E-state index in [1.165, 1.54) is 12.8 Å². The highest BCUT2D eigenvalue weighted by Crippen LogP contribution is 2.43. The van der Waals surface area contributed by atoms with Crippen LogP contribution in [0.1, 0.15) is 66.7 Å². The molecule has 2 heterocycles. The maximum atomic E-state index is 6.30. The summed E-state index contributed by atoms with van der Waals surface area (Å²) in [5.74, 6) is -0.351. The van der Waals surface area contributed by atoms with Crippen LogP contribution in [0.5, 0.6) is 0 Å². The van der Waals surface area contributed by atoms with Gasteiger partial charge in [0.25, 0.3) is 0 Å². The average molecular weight is 255 g/mol. The Morgan fingerprint density at radius 3 is 2.28 bits per heavy atom. The van der Waals surface area contributed by atoms with Crippen molar-refractivity contribution < 1.29 is 9.47 Å². The normalized spacial score (nSPS) is 32.8. The smallest absolute Gasteiger partial charge is 0.172 e. The van der Waals surface area contributed by atoms with Crippen molar-refractivity contribution in [3.63, 3.8) is 0 Å². The molecular weight excluding hydrogens is 226 g/mol. The van der Waals surface area contributed by atoms with Gasteiger partial charge in [-0.05, 0) is 34.1 Å². The molecule has 106 valence electrons. The molecule has 18 heavy (non-hydrogen) atoms. The summed E-state index contributed by atoms with van der Waals surface area (Å²) in [4.78, 5) is 0. The Labute approximate surface area is 112 Å². The Balaban J connectivity index is 2.03. The minimum absolute atomic E-state index is 0.0708. The van der Waals surface area contributed by atoms with E-state index < -0.39 is 0 Å². The average Bonchev–Trinajstić information content (AvgIpc) is 2.52. The highest BCUT2D eigenvalue weighted by molar-refractivity contribution is 5.03. The highest BCUT2D eigenvalue weighted by atomic mass is 16.7. The second-order valence-electron chi connectivity index (χ2n) is 7.35. The lowest BCUT2D eigenvalue weighted by Gasteiger charge is -2.50. The molecule has 0 aliphatic carbocycles. The molecule has 0 radical (unpaired) electrons. The first kappa shape index (κ1) is 14.3. The van der Waals surface area contributed by atoms with E-state index in [1.807, 2.05) is 0 Å². The van der Waals surface area contributed by atoms with Crippen LogP contribution in [0.4, 0.5) is 0 Å². The molecule has 2 saturated heterocycles. The topological polar surface area (TPSA) is 30.5 Å². The Bertz CT molecular complexity index is 283.